The highest BCUT2D eigenvalue weighted by Crippen LogP contribution is 2.22. The summed E-state index contributed by atoms with van der Waals surface area (Å²) in [6, 6.07) is 14.7. The minimum absolute atomic E-state index is 0.744. The molecule has 0 fully saturated rings. The van der Waals surface area contributed by atoms with Gasteiger partial charge in [-0.05, 0) is 49.7 Å². The standard InChI is InChI=1S/C18H22N2S/c1-13-10-14(2)17(15(3)11-13)19-18(21)20(4)12-16-8-6-5-7-9-16/h5-11H,12H2,1-4H3,(H,19,21). The van der Waals surface area contributed by atoms with Crippen molar-refractivity contribution in [3.63, 3.8) is 0 Å². The zero-order chi connectivity index (χ0) is 15.4. The molecule has 0 saturated carbocycles. The third-order valence-electron chi connectivity index (χ3n) is 3.52. The van der Waals surface area contributed by atoms with Crippen LogP contribution in [0.2, 0.25) is 0 Å². The number of nitrogens with zero attached hydrogens (tertiary/aromatic N) is 1. The fourth-order valence-electron chi connectivity index (χ4n) is 2.51. The van der Waals surface area contributed by atoms with Gasteiger partial charge in [0.2, 0.25) is 0 Å². The SMILES string of the molecule is Cc1cc(C)c(NC(=S)N(C)Cc2ccccc2)c(C)c1. The first kappa shape index (κ1) is 15.5. The van der Waals surface area contributed by atoms with Crippen LogP contribution in [0.15, 0.2) is 42.5 Å². The minimum Gasteiger partial charge on any atom is -0.348 e. The molecule has 0 heterocycles. The minimum atomic E-state index is 0.744. The van der Waals surface area contributed by atoms with Gasteiger partial charge in [-0.2, -0.15) is 0 Å². The molecule has 0 bridgehead atoms. The Morgan fingerprint density at radius 2 is 1.62 bits per heavy atom. The van der Waals surface area contributed by atoms with Crippen LogP contribution in [0.4, 0.5) is 5.69 Å². The molecule has 0 aromatic heterocycles. The predicted molar refractivity (Wildman–Crippen MR) is 94.8 cm³/mol. The molecule has 0 aliphatic rings. The van der Waals surface area contributed by atoms with Gasteiger partial charge in [-0.25, -0.2) is 0 Å². The van der Waals surface area contributed by atoms with Crippen molar-refractivity contribution in [3.05, 3.63) is 64.7 Å². The quantitative estimate of drug-likeness (QED) is 0.843. The van der Waals surface area contributed by atoms with Gasteiger partial charge in [0.15, 0.2) is 5.11 Å². The lowest BCUT2D eigenvalue weighted by atomic mass is 10.1. The number of anilines is 1. The Morgan fingerprint density at radius 3 is 2.19 bits per heavy atom. The van der Waals surface area contributed by atoms with E-state index in [-0.39, 0.29) is 0 Å². The van der Waals surface area contributed by atoms with E-state index in [0.717, 1.165) is 17.3 Å². The monoisotopic (exact) mass is 298 g/mol. The maximum Gasteiger partial charge on any atom is 0.173 e. The van der Waals surface area contributed by atoms with Crippen molar-refractivity contribution in [2.45, 2.75) is 27.3 Å². The maximum absolute atomic E-state index is 5.52. The van der Waals surface area contributed by atoms with Gasteiger partial charge in [0, 0.05) is 19.3 Å². The third kappa shape index (κ3) is 4.05. The fourth-order valence-corrected chi connectivity index (χ4v) is 2.68. The molecule has 0 aliphatic heterocycles. The molecule has 2 aromatic rings. The molecule has 1 N–H and O–H groups in total. The van der Waals surface area contributed by atoms with E-state index in [9.17, 15) is 0 Å². The van der Waals surface area contributed by atoms with E-state index >= 15 is 0 Å². The summed E-state index contributed by atoms with van der Waals surface area (Å²) in [5.74, 6) is 0. The number of rotatable bonds is 3. The first-order valence-electron chi connectivity index (χ1n) is 7.11. The molecule has 2 rings (SSSR count). The molecule has 0 amide bonds. The zero-order valence-electron chi connectivity index (χ0n) is 13.1. The van der Waals surface area contributed by atoms with Gasteiger partial charge in [0.1, 0.15) is 0 Å². The van der Waals surface area contributed by atoms with E-state index in [1.807, 2.05) is 25.2 Å². The molecule has 3 heteroatoms. The van der Waals surface area contributed by atoms with E-state index in [2.05, 4.69) is 55.3 Å². The van der Waals surface area contributed by atoms with Crippen LogP contribution in [-0.2, 0) is 6.54 Å². The number of thiocarbonyl (C=S) groups is 1. The lowest BCUT2D eigenvalue weighted by molar-refractivity contribution is 0.508. The second-order valence-electron chi connectivity index (χ2n) is 5.55. The highest BCUT2D eigenvalue weighted by Gasteiger charge is 2.09. The Labute approximate surface area is 132 Å². The summed E-state index contributed by atoms with van der Waals surface area (Å²) in [5.41, 5.74) is 6.09. The number of benzene rings is 2. The average molecular weight is 298 g/mol. The second kappa shape index (κ2) is 6.72. The summed E-state index contributed by atoms with van der Waals surface area (Å²) in [5, 5.41) is 4.13. The van der Waals surface area contributed by atoms with Crippen LogP contribution < -0.4 is 5.32 Å². The Hall–Kier alpha value is -1.87. The maximum atomic E-state index is 5.52. The first-order valence-corrected chi connectivity index (χ1v) is 7.52. The zero-order valence-corrected chi connectivity index (χ0v) is 13.9. The molecule has 0 unspecified atom stereocenters. The number of hydrogen-bond acceptors (Lipinski definition) is 1. The molecule has 0 spiro atoms. The Bertz CT molecular complexity index is 612. The summed E-state index contributed by atoms with van der Waals surface area (Å²) >= 11 is 5.52. The summed E-state index contributed by atoms with van der Waals surface area (Å²) in [6.07, 6.45) is 0. The highest BCUT2D eigenvalue weighted by molar-refractivity contribution is 7.80. The summed E-state index contributed by atoms with van der Waals surface area (Å²) in [4.78, 5) is 2.06. The Kier molecular flexibility index (Phi) is 4.97. The lowest BCUT2D eigenvalue weighted by Crippen LogP contribution is -2.31. The number of aryl methyl sites for hydroxylation is 3. The molecule has 2 aromatic carbocycles. The van der Waals surface area contributed by atoms with Crippen molar-refractivity contribution in [1.29, 1.82) is 0 Å². The van der Waals surface area contributed by atoms with E-state index in [4.69, 9.17) is 12.2 Å². The van der Waals surface area contributed by atoms with Crippen LogP contribution in [0.5, 0.6) is 0 Å². The normalized spacial score (nSPS) is 10.3. The van der Waals surface area contributed by atoms with Crippen LogP contribution in [0.1, 0.15) is 22.3 Å². The van der Waals surface area contributed by atoms with Crippen LogP contribution in [-0.4, -0.2) is 17.1 Å². The van der Waals surface area contributed by atoms with Crippen molar-refractivity contribution in [3.8, 4) is 0 Å². The van der Waals surface area contributed by atoms with Crippen LogP contribution in [0.25, 0.3) is 0 Å². The molecule has 21 heavy (non-hydrogen) atoms. The average Bonchev–Trinajstić information content (AvgIpc) is 2.43. The largest absolute Gasteiger partial charge is 0.348 e. The molecule has 0 atom stereocenters. The van der Waals surface area contributed by atoms with E-state index in [1.165, 1.54) is 22.3 Å². The molecular formula is C18H22N2S. The highest BCUT2D eigenvalue weighted by atomic mass is 32.1. The van der Waals surface area contributed by atoms with E-state index in [1.54, 1.807) is 0 Å². The van der Waals surface area contributed by atoms with E-state index in [0.29, 0.717) is 0 Å². The number of nitrogens with one attached hydrogen (secondary N) is 1. The predicted octanol–water partition coefficient (Wildman–Crippen LogP) is 4.44. The van der Waals surface area contributed by atoms with Gasteiger partial charge in [0.25, 0.3) is 0 Å². The summed E-state index contributed by atoms with van der Waals surface area (Å²) < 4.78 is 0. The molecular weight excluding hydrogens is 276 g/mol. The fraction of sp³-hybridized carbons (Fsp3) is 0.278. The molecule has 2 nitrogen and oxygen atoms in total. The van der Waals surface area contributed by atoms with Gasteiger partial charge in [0.05, 0.1) is 0 Å². The number of hydrogen-bond donors (Lipinski definition) is 1. The molecule has 0 saturated heterocycles. The summed E-state index contributed by atoms with van der Waals surface area (Å²) in [6.45, 7) is 7.14. The molecule has 110 valence electrons. The van der Waals surface area contributed by atoms with Crippen molar-refractivity contribution in [2.75, 3.05) is 12.4 Å². The Balaban J connectivity index is 2.08. The van der Waals surface area contributed by atoms with Crippen LogP contribution in [0.3, 0.4) is 0 Å². The van der Waals surface area contributed by atoms with Crippen LogP contribution in [0, 0.1) is 20.8 Å². The van der Waals surface area contributed by atoms with Gasteiger partial charge < -0.3 is 10.2 Å². The van der Waals surface area contributed by atoms with E-state index < -0.39 is 0 Å². The van der Waals surface area contributed by atoms with Crippen molar-refractivity contribution in [1.82, 2.24) is 4.90 Å². The smallest absolute Gasteiger partial charge is 0.173 e. The van der Waals surface area contributed by atoms with Gasteiger partial charge in [-0.3, -0.25) is 0 Å². The Morgan fingerprint density at radius 1 is 1.05 bits per heavy atom. The van der Waals surface area contributed by atoms with Crippen LogP contribution >= 0.6 is 12.2 Å². The molecule has 0 radical (unpaired) electrons. The topological polar surface area (TPSA) is 15.3 Å². The van der Waals surface area contributed by atoms with Gasteiger partial charge >= 0.3 is 0 Å². The first-order chi connectivity index (χ1) is 9.97. The third-order valence-corrected chi connectivity index (χ3v) is 3.93. The van der Waals surface area contributed by atoms with Crippen molar-refractivity contribution in [2.24, 2.45) is 0 Å². The summed E-state index contributed by atoms with van der Waals surface area (Å²) in [7, 11) is 2.02. The molecule has 0 aliphatic carbocycles. The van der Waals surface area contributed by atoms with Gasteiger partial charge in [-0.15, -0.1) is 0 Å². The van der Waals surface area contributed by atoms with Crippen molar-refractivity contribution >= 4 is 23.0 Å². The lowest BCUT2D eigenvalue weighted by Gasteiger charge is -2.23. The van der Waals surface area contributed by atoms with Gasteiger partial charge in [-0.1, -0.05) is 48.0 Å². The second-order valence-corrected chi connectivity index (χ2v) is 5.93. The van der Waals surface area contributed by atoms with Crippen molar-refractivity contribution < 1.29 is 0 Å².